The molecule has 0 atom stereocenters. The van der Waals surface area contributed by atoms with Gasteiger partial charge < -0.3 is 13.9 Å². The molecule has 4 heteroatoms. The van der Waals surface area contributed by atoms with Gasteiger partial charge in [0.15, 0.2) is 0 Å². The molecule has 0 saturated carbocycles. The van der Waals surface area contributed by atoms with Crippen LogP contribution in [0.1, 0.15) is 27.7 Å². The Morgan fingerprint density at radius 1 is 0.618 bits per heavy atom. The molecule has 0 spiro atoms. The number of para-hydroxylation sites is 2. The van der Waals surface area contributed by atoms with Crippen LogP contribution in [0.3, 0.4) is 0 Å². The monoisotopic (exact) mass is 445 g/mol. The van der Waals surface area contributed by atoms with Gasteiger partial charge in [-0.3, -0.25) is 0 Å². The lowest BCUT2D eigenvalue weighted by Crippen LogP contribution is -2.41. The minimum absolute atomic E-state index is 0.346. The second-order valence-electron chi connectivity index (χ2n) is 10.1. The summed E-state index contributed by atoms with van der Waals surface area (Å²) >= 11 is 0. The highest BCUT2D eigenvalue weighted by Gasteiger charge is 2.51. The third-order valence-corrected chi connectivity index (χ3v) is 7.46. The van der Waals surface area contributed by atoms with Gasteiger partial charge in [-0.2, -0.15) is 0 Å². The van der Waals surface area contributed by atoms with Crippen molar-refractivity contribution >= 4 is 34.4 Å². The summed E-state index contributed by atoms with van der Waals surface area (Å²) in [7, 11) is -0.352. The molecule has 168 valence electrons. The normalized spacial score (nSPS) is 17.0. The van der Waals surface area contributed by atoms with Crippen LogP contribution >= 0.6 is 0 Å². The average Bonchev–Trinajstić information content (AvgIpc) is 3.29. The second-order valence-corrected chi connectivity index (χ2v) is 10.1. The number of fused-ring (bicyclic) bond motifs is 3. The van der Waals surface area contributed by atoms with Gasteiger partial charge in [0.05, 0.1) is 22.2 Å². The molecule has 4 aromatic carbocycles. The van der Waals surface area contributed by atoms with Gasteiger partial charge in [-0.05, 0) is 68.6 Å². The summed E-state index contributed by atoms with van der Waals surface area (Å²) in [4.78, 5) is 0. The van der Waals surface area contributed by atoms with Crippen LogP contribution in [0.15, 0.2) is 97.1 Å². The minimum Gasteiger partial charge on any atom is -0.399 e. The fraction of sp³-hybridized carbons (Fsp3) is 0.200. The van der Waals surface area contributed by atoms with E-state index < -0.39 is 0 Å². The van der Waals surface area contributed by atoms with E-state index in [0.717, 1.165) is 5.46 Å². The van der Waals surface area contributed by atoms with Crippen molar-refractivity contribution in [3.63, 3.8) is 0 Å². The second kappa shape index (κ2) is 7.59. The van der Waals surface area contributed by atoms with Crippen molar-refractivity contribution in [1.29, 1.82) is 0 Å². The van der Waals surface area contributed by atoms with E-state index in [1.807, 2.05) is 0 Å². The number of nitrogens with zero attached hydrogens (tertiary/aromatic N) is 1. The van der Waals surface area contributed by atoms with Crippen LogP contribution in [0.5, 0.6) is 0 Å². The van der Waals surface area contributed by atoms with Crippen molar-refractivity contribution in [1.82, 2.24) is 4.57 Å². The maximum atomic E-state index is 6.25. The lowest BCUT2D eigenvalue weighted by atomic mass is 9.78. The summed E-state index contributed by atoms with van der Waals surface area (Å²) in [6, 6.07) is 34.4. The molecule has 1 fully saturated rings. The lowest BCUT2D eigenvalue weighted by molar-refractivity contribution is 0.00578. The Balaban J connectivity index is 1.48. The number of aromatic nitrogens is 1. The van der Waals surface area contributed by atoms with E-state index in [0.29, 0.717) is 0 Å². The van der Waals surface area contributed by atoms with Crippen molar-refractivity contribution in [3.05, 3.63) is 97.1 Å². The van der Waals surface area contributed by atoms with E-state index >= 15 is 0 Å². The Morgan fingerprint density at radius 3 is 1.94 bits per heavy atom. The molecule has 0 N–H and O–H groups in total. The van der Waals surface area contributed by atoms with Gasteiger partial charge in [-0.25, -0.2) is 0 Å². The molecule has 1 aliphatic heterocycles. The zero-order valence-electron chi connectivity index (χ0n) is 20.1. The van der Waals surface area contributed by atoms with E-state index in [1.165, 1.54) is 38.6 Å². The molecule has 0 bridgehead atoms. The van der Waals surface area contributed by atoms with Crippen LogP contribution in [-0.2, 0) is 9.31 Å². The zero-order chi connectivity index (χ0) is 23.5. The molecule has 1 aliphatic rings. The lowest BCUT2D eigenvalue weighted by Gasteiger charge is -2.32. The van der Waals surface area contributed by atoms with E-state index in [9.17, 15) is 0 Å². The zero-order valence-corrected chi connectivity index (χ0v) is 20.1. The van der Waals surface area contributed by atoms with Crippen LogP contribution in [0.25, 0.3) is 38.6 Å². The number of benzene rings is 4. The van der Waals surface area contributed by atoms with Crippen molar-refractivity contribution in [2.45, 2.75) is 38.9 Å². The van der Waals surface area contributed by atoms with E-state index in [4.69, 9.17) is 9.31 Å². The maximum Gasteiger partial charge on any atom is 0.494 e. The van der Waals surface area contributed by atoms with Gasteiger partial charge in [-0.15, -0.1) is 0 Å². The molecule has 1 aromatic heterocycles. The smallest absolute Gasteiger partial charge is 0.399 e. The Morgan fingerprint density at radius 2 is 1.24 bits per heavy atom. The minimum atomic E-state index is -0.352. The van der Waals surface area contributed by atoms with Crippen LogP contribution in [0, 0.1) is 0 Å². The average molecular weight is 445 g/mol. The molecule has 0 aliphatic carbocycles. The summed E-state index contributed by atoms with van der Waals surface area (Å²) in [5, 5.41) is 2.53. The molecule has 1 saturated heterocycles. The Labute approximate surface area is 201 Å². The van der Waals surface area contributed by atoms with E-state index in [-0.39, 0.29) is 18.3 Å². The SMILES string of the molecule is CC1(C)OB(c2ccc(-c3cccc4c3c3ccccc3n4-c3ccccc3)cc2)OC1(C)C. The van der Waals surface area contributed by atoms with E-state index in [2.05, 4.69) is 129 Å². The third kappa shape index (κ3) is 3.21. The first kappa shape index (κ1) is 21.2. The van der Waals surface area contributed by atoms with Gasteiger partial charge in [0.25, 0.3) is 0 Å². The Bertz CT molecular complexity index is 1480. The molecule has 5 aromatic rings. The predicted molar refractivity (Wildman–Crippen MR) is 142 cm³/mol. The highest BCUT2D eigenvalue weighted by atomic mass is 16.7. The van der Waals surface area contributed by atoms with Crippen LogP contribution < -0.4 is 5.46 Å². The Hall–Kier alpha value is -3.34. The summed E-state index contributed by atoms with van der Waals surface area (Å²) in [6.45, 7) is 8.35. The molecule has 0 radical (unpaired) electrons. The molecule has 3 nitrogen and oxygen atoms in total. The first-order chi connectivity index (χ1) is 16.4. The largest absolute Gasteiger partial charge is 0.494 e. The van der Waals surface area contributed by atoms with Gasteiger partial charge in [-0.1, -0.05) is 72.8 Å². The van der Waals surface area contributed by atoms with Crippen molar-refractivity contribution in [3.8, 4) is 16.8 Å². The number of rotatable bonds is 3. The quantitative estimate of drug-likeness (QED) is 0.287. The third-order valence-electron chi connectivity index (χ3n) is 7.46. The molecule has 34 heavy (non-hydrogen) atoms. The molecular formula is C30H28BNO2. The molecule has 2 heterocycles. The summed E-state index contributed by atoms with van der Waals surface area (Å²) in [6.07, 6.45) is 0. The van der Waals surface area contributed by atoms with E-state index in [1.54, 1.807) is 0 Å². The van der Waals surface area contributed by atoms with Crippen molar-refractivity contribution < 1.29 is 9.31 Å². The molecule has 6 rings (SSSR count). The fourth-order valence-corrected chi connectivity index (χ4v) is 4.91. The molecular weight excluding hydrogens is 417 g/mol. The highest BCUT2D eigenvalue weighted by molar-refractivity contribution is 6.62. The highest BCUT2D eigenvalue weighted by Crippen LogP contribution is 2.39. The standard InChI is InChI=1S/C30H28BNO2/c1-29(2)30(3,4)34-31(33-29)22-19-17-21(18-20-22)24-14-10-16-27-28(24)25-13-8-9-15-26(25)32(27)23-11-6-5-7-12-23/h5-20H,1-4H3. The maximum absolute atomic E-state index is 6.25. The fourth-order valence-electron chi connectivity index (χ4n) is 4.91. The molecule has 0 unspecified atom stereocenters. The van der Waals surface area contributed by atoms with Gasteiger partial charge in [0, 0.05) is 16.5 Å². The summed E-state index contributed by atoms with van der Waals surface area (Å²) < 4.78 is 14.9. The predicted octanol–water partition coefficient (Wildman–Crippen LogP) is 6.75. The number of hydrogen-bond donors (Lipinski definition) is 0. The van der Waals surface area contributed by atoms with Crippen LogP contribution in [-0.4, -0.2) is 22.9 Å². The van der Waals surface area contributed by atoms with Gasteiger partial charge >= 0.3 is 7.12 Å². The van der Waals surface area contributed by atoms with Crippen LogP contribution in [0.4, 0.5) is 0 Å². The van der Waals surface area contributed by atoms with Gasteiger partial charge in [0.1, 0.15) is 0 Å². The van der Waals surface area contributed by atoms with Crippen molar-refractivity contribution in [2.75, 3.05) is 0 Å². The number of hydrogen-bond acceptors (Lipinski definition) is 2. The molecule has 0 amide bonds. The van der Waals surface area contributed by atoms with Crippen molar-refractivity contribution in [2.24, 2.45) is 0 Å². The van der Waals surface area contributed by atoms with Gasteiger partial charge in [0.2, 0.25) is 0 Å². The Kier molecular flexibility index (Phi) is 4.74. The summed E-state index contributed by atoms with van der Waals surface area (Å²) in [5.74, 6) is 0. The topological polar surface area (TPSA) is 23.4 Å². The summed E-state index contributed by atoms with van der Waals surface area (Å²) in [5.41, 5.74) is 6.35. The first-order valence-corrected chi connectivity index (χ1v) is 11.9. The van der Waals surface area contributed by atoms with Crippen LogP contribution in [0.2, 0.25) is 0 Å². The first-order valence-electron chi connectivity index (χ1n) is 11.9.